The fraction of sp³-hybridized carbons (Fsp3) is 1.00. The zero-order chi connectivity index (χ0) is 7.90. The molecule has 0 bridgehead atoms. The first kappa shape index (κ1) is 7.64. The Morgan fingerprint density at radius 2 is 1.27 bits per heavy atom. The summed E-state index contributed by atoms with van der Waals surface area (Å²) in [6.07, 6.45) is 9.07. The van der Waals surface area contributed by atoms with Gasteiger partial charge in [-0.1, -0.05) is 26.7 Å². The van der Waals surface area contributed by atoms with E-state index in [0.29, 0.717) is 5.41 Å². The Kier molecular flexibility index (Phi) is 1.74. The quantitative estimate of drug-likeness (QED) is 0.567. The summed E-state index contributed by atoms with van der Waals surface area (Å²) >= 11 is 0. The van der Waals surface area contributed by atoms with Crippen molar-refractivity contribution in [1.29, 1.82) is 0 Å². The molecule has 0 atom stereocenters. The molecule has 0 radical (unpaired) electrons. The standard InChI is InChI=1S/C11H20/c1-11(2,10-7-8-10)9-5-3-4-6-9/h9-10H,3-8H2,1-2H3. The molecule has 0 aromatic heterocycles. The molecule has 0 aromatic carbocycles. The van der Waals surface area contributed by atoms with E-state index < -0.39 is 0 Å². The highest BCUT2D eigenvalue weighted by atomic mass is 14.5. The van der Waals surface area contributed by atoms with Gasteiger partial charge in [0.1, 0.15) is 0 Å². The molecule has 2 rings (SSSR count). The third-order valence-corrected chi connectivity index (χ3v) is 4.04. The van der Waals surface area contributed by atoms with E-state index in [2.05, 4.69) is 13.8 Å². The molecule has 0 heterocycles. The molecule has 0 heteroatoms. The summed E-state index contributed by atoms with van der Waals surface area (Å²) in [4.78, 5) is 0. The van der Waals surface area contributed by atoms with Crippen LogP contribution in [0.4, 0.5) is 0 Å². The van der Waals surface area contributed by atoms with Crippen molar-refractivity contribution in [1.82, 2.24) is 0 Å². The minimum Gasteiger partial charge on any atom is -0.0594 e. The maximum atomic E-state index is 2.50. The lowest BCUT2D eigenvalue weighted by molar-refractivity contribution is 0.180. The number of rotatable bonds is 2. The van der Waals surface area contributed by atoms with Crippen molar-refractivity contribution in [2.75, 3.05) is 0 Å². The second-order valence-corrected chi connectivity index (χ2v) is 5.08. The van der Waals surface area contributed by atoms with Gasteiger partial charge in [-0.05, 0) is 42.9 Å². The van der Waals surface area contributed by atoms with Gasteiger partial charge < -0.3 is 0 Å². The van der Waals surface area contributed by atoms with Crippen molar-refractivity contribution in [3.63, 3.8) is 0 Å². The molecule has 2 saturated carbocycles. The Morgan fingerprint density at radius 3 is 1.73 bits per heavy atom. The zero-order valence-corrected chi connectivity index (χ0v) is 7.90. The molecule has 0 N–H and O–H groups in total. The fourth-order valence-electron chi connectivity index (χ4n) is 2.83. The summed E-state index contributed by atoms with van der Waals surface area (Å²) in [5.74, 6) is 2.15. The minimum absolute atomic E-state index is 0.691. The van der Waals surface area contributed by atoms with Crippen molar-refractivity contribution >= 4 is 0 Å². The Labute approximate surface area is 70.4 Å². The Hall–Kier alpha value is 0. The Balaban J connectivity index is 1.99. The SMILES string of the molecule is CC(C)(C1CCCC1)C1CC1. The lowest BCUT2D eigenvalue weighted by atomic mass is 9.74. The summed E-state index contributed by atoms with van der Waals surface area (Å²) in [7, 11) is 0. The highest BCUT2D eigenvalue weighted by Gasteiger charge is 2.43. The first-order valence-corrected chi connectivity index (χ1v) is 5.21. The van der Waals surface area contributed by atoms with Crippen LogP contribution in [-0.2, 0) is 0 Å². The van der Waals surface area contributed by atoms with Gasteiger partial charge in [-0.3, -0.25) is 0 Å². The van der Waals surface area contributed by atoms with Crippen molar-refractivity contribution in [2.24, 2.45) is 17.3 Å². The predicted molar refractivity (Wildman–Crippen MR) is 48.5 cm³/mol. The molecule has 0 unspecified atom stereocenters. The van der Waals surface area contributed by atoms with Crippen LogP contribution in [0.5, 0.6) is 0 Å². The molecule has 64 valence electrons. The molecule has 11 heavy (non-hydrogen) atoms. The van der Waals surface area contributed by atoms with E-state index >= 15 is 0 Å². The van der Waals surface area contributed by atoms with E-state index in [-0.39, 0.29) is 0 Å². The third-order valence-electron chi connectivity index (χ3n) is 4.04. The van der Waals surface area contributed by atoms with E-state index in [4.69, 9.17) is 0 Å². The van der Waals surface area contributed by atoms with Crippen LogP contribution in [0.3, 0.4) is 0 Å². The molecule has 0 aromatic rings. The van der Waals surface area contributed by atoms with Gasteiger partial charge in [-0.25, -0.2) is 0 Å². The highest BCUT2D eigenvalue weighted by Crippen LogP contribution is 2.53. The molecule has 0 aliphatic heterocycles. The summed E-state index contributed by atoms with van der Waals surface area (Å²) in [5.41, 5.74) is 0.691. The van der Waals surface area contributed by atoms with Crippen molar-refractivity contribution in [3.05, 3.63) is 0 Å². The average Bonchev–Trinajstić information content (AvgIpc) is 2.66. The third kappa shape index (κ3) is 1.32. The van der Waals surface area contributed by atoms with Crippen molar-refractivity contribution < 1.29 is 0 Å². The summed E-state index contributed by atoms with van der Waals surface area (Å²) in [6.45, 7) is 5.00. The molecular weight excluding hydrogens is 132 g/mol. The lowest BCUT2D eigenvalue weighted by Gasteiger charge is -2.31. The second-order valence-electron chi connectivity index (χ2n) is 5.08. The van der Waals surface area contributed by atoms with E-state index in [1.165, 1.54) is 38.5 Å². The van der Waals surface area contributed by atoms with Gasteiger partial charge in [-0.2, -0.15) is 0 Å². The normalized spacial score (nSPS) is 27.8. The van der Waals surface area contributed by atoms with Crippen LogP contribution in [0.25, 0.3) is 0 Å². The van der Waals surface area contributed by atoms with Crippen LogP contribution in [0, 0.1) is 17.3 Å². The predicted octanol–water partition coefficient (Wildman–Crippen LogP) is 3.61. The number of hydrogen-bond donors (Lipinski definition) is 0. The van der Waals surface area contributed by atoms with E-state index in [1.54, 1.807) is 0 Å². The Bertz CT molecular complexity index is 136. The van der Waals surface area contributed by atoms with Gasteiger partial charge in [-0.15, -0.1) is 0 Å². The lowest BCUT2D eigenvalue weighted by Crippen LogP contribution is -2.23. The van der Waals surface area contributed by atoms with Crippen LogP contribution in [0.1, 0.15) is 52.4 Å². The van der Waals surface area contributed by atoms with Crippen LogP contribution >= 0.6 is 0 Å². The molecule has 0 nitrogen and oxygen atoms in total. The van der Waals surface area contributed by atoms with Crippen LogP contribution in [0.15, 0.2) is 0 Å². The van der Waals surface area contributed by atoms with Crippen LogP contribution in [-0.4, -0.2) is 0 Å². The summed E-state index contributed by atoms with van der Waals surface area (Å²) in [6, 6.07) is 0. The first-order valence-electron chi connectivity index (χ1n) is 5.21. The first-order chi connectivity index (χ1) is 5.21. The molecular formula is C11H20. The Morgan fingerprint density at radius 1 is 0.818 bits per heavy atom. The molecule has 0 saturated heterocycles. The maximum absolute atomic E-state index is 2.50. The average molecular weight is 152 g/mol. The summed E-state index contributed by atoms with van der Waals surface area (Å²) < 4.78 is 0. The zero-order valence-electron chi connectivity index (χ0n) is 7.90. The minimum atomic E-state index is 0.691. The largest absolute Gasteiger partial charge is 0.0594 e. The van der Waals surface area contributed by atoms with Crippen molar-refractivity contribution in [2.45, 2.75) is 52.4 Å². The molecule has 2 aliphatic rings. The topological polar surface area (TPSA) is 0 Å². The van der Waals surface area contributed by atoms with E-state index in [9.17, 15) is 0 Å². The molecule has 2 aliphatic carbocycles. The van der Waals surface area contributed by atoms with E-state index in [1.807, 2.05) is 0 Å². The van der Waals surface area contributed by atoms with Gasteiger partial charge in [0, 0.05) is 0 Å². The fourth-order valence-corrected chi connectivity index (χ4v) is 2.83. The van der Waals surface area contributed by atoms with E-state index in [0.717, 1.165) is 11.8 Å². The van der Waals surface area contributed by atoms with Gasteiger partial charge in [0.2, 0.25) is 0 Å². The van der Waals surface area contributed by atoms with Crippen LogP contribution in [0.2, 0.25) is 0 Å². The van der Waals surface area contributed by atoms with Gasteiger partial charge in [0.15, 0.2) is 0 Å². The summed E-state index contributed by atoms with van der Waals surface area (Å²) in [5, 5.41) is 0. The maximum Gasteiger partial charge on any atom is -0.0298 e. The smallest absolute Gasteiger partial charge is 0.0298 e. The number of hydrogen-bond acceptors (Lipinski definition) is 0. The monoisotopic (exact) mass is 152 g/mol. The van der Waals surface area contributed by atoms with Gasteiger partial charge in [0.25, 0.3) is 0 Å². The van der Waals surface area contributed by atoms with Gasteiger partial charge in [0.05, 0.1) is 0 Å². The van der Waals surface area contributed by atoms with Crippen LogP contribution < -0.4 is 0 Å². The van der Waals surface area contributed by atoms with Gasteiger partial charge >= 0.3 is 0 Å². The van der Waals surface area contributed by atoms with Crippen molar-refractivity contribution in [3.8, 4) is 0 Å². The highest BCUT2D eigenvalue weighted by molar-refractivity contribution is 4.93. The molecule has 0 amide bonds. The molecule has 0 spiro atoms. The second kappa shape index (κ2) is 2.50. The molecule has 2 fully saturated rings.